The third kappa shape index (κ3) is 3.48. The molecule has 0 aromatic carbocycles. The molecule has 0 radical (unpaired) electrons. The standard InChI is InChI=1S/C17H20N4O2/c1-11-5-14(16(23-2)10-19-11)17(22)21-8-12-6-13-9-18-4-3-15(13)20-7-12/h5-7,10,18H,3-4,8-9H2,1-2H3,(H,21,22). The van der Waals surface area contributed by atoms with Gasteiger partial charge in [0.2, 0.25) is 0 Å². The molecule has 0 bridgehead atoms. The normalized spacial score (nSPS) is 13.3. The summed E-state index contributed by atoms with van der Waals surface area (Å²) in [4.78, 5) is 21.0. The van der Waals surface area contributed by atoms with Crippen molar-refractivity contribution in [2.75, 3.05) is 13.7 Å². The minimum Gasteiger partial charge on any atom is -0.494 e. The highest BCUT2D eigenvalue weighted by atomic mass is 16.5. The van der Waals surface area contributed by atoms with Crippen molar-refractivity contribution in [1.29, 1.82) is 0 Å². The van der Waals surface area contributed by atoms with Gasteiger partial charge < -0.3 is 15.4 Å². The van der Waals surface area contributed by atoms with Crippen LogP contribution in [0.5, 0.6) is 5.75 Å². The Labute approximate surface area is 135 Å². The Morgan fingerprint density at radius 3 is 3.04 bits per heavy atom. The molecule has 0 saturated heterocycles. The third-order valence-electron chi connectivity index (χ3n) is 3.89. The molecule has 23 heavy (non-hydrogen) atoms. The minimum absolute atomic E-state index is 0.178. The monoisotopic (exact) mass is 312 g/mol. The number of methoxy groups -OCH3 is 1. The van der Waals surface area contributed by atoms with Crippen LogP contribution in [-0.4, -0.2) is 29.5 Å². The fraction of sp³-hybridized carbons (Fsp3) is 0.353. The van der Waals surface area contributed by atoms with Gasteiger partial charge in [-0.15, -0.1) is 0 Å². The maximum atomic E-state index is 12.4. The zero-order chi connectivity index (χ0) is 16.2. The molecule has 6 nitrogen and oxygen atoms in total. The lowest BCUT2D eigenvalue weighted by Crippen LogP contribution is -2.26. The van der Waals surface area contributed by atoms with Gasteiger partial charge in [-0.05, 0) is 30.2 Å². The zero-order valence-electron chi connectivity index (χ0n) is 13.3. The molecule has 3 heterocycles. The number of amides is 1. The third-order valence-corrected chi connectivity index (χ3v) is 3.89. The van der Waals surface area contributed by atoms with Crippen molar-refractivity contribution in [2.45, 2.75) is 26.4 Å². The first kappa shape index (κ1) is 15.4. The van der Waals surface area contributed by atoms with Crippen LogP contribution in [0.15, 0.2) is 24.5 Å². The van der Waals surface area contributed by atoms with Crippen molar-refractivity contribution in [1.82, 2.24) is 20.6 Å². The number of fused-ring (bicyclic) bond motifs is 1. The number of nitrogens with one attached hydrogen (secondary N) is 2. The molecule has 0 saturated carbocycles. The quantitative estimate of drug-likeness (QED) is 0.892. The Kier molecular flexibility index (Phi) is 4.52. The van der Waals surface area contributed by atoms with E-state index in [4.69, 9.17) is 4.74 Å². The van der Waals surface area contributed by atoms with Crippen molar-refractivity contribution in [3.8, 4) is 5.75 Å². The first-order chi connectivity index (χ1) is 11.2. The van der Waals surface area contributed by atoms with Gasteiger partial charge in [-0.3, -0.25) is 14.8 Å². The molecule has 0 aliphatic carbocycles. The Morgan fingerprint density at radius 2 is 2.22 bits per heavy atom. The summed E-state index contributed by atoms with van der Waals surface area (Å²) in [5, 5.41) is 6.25. The van der Waals surface area contributed by atoms with Crippen LogP contribution < -0.4 is 15.4 Å². The Hall–Kier alpha value is -2.47. The summed E-state index contributed by atoms with van der Waals surface area (Å²) in [6.07, 6.45) is 4.35. The van der Waals surface area contributed by atoms with E-state index in [1.54, 1.807) is 12.3 Å². The smallest absolute Gasteiger partial charge is 0.255 e. The fourth-order valence-electron chi connectivity index (χ4n) is 2.66. The van der Waals surface area contributed by atoms with Crippen LogP contribution in [0.3, 0.4) is 0 Å². The fourth-order valence-corrected chi connectivity index (χ4v) is 2.66. The number of hydrogen-bond acceptors (Lipinski definition) is 5. The number of nitrogens with zero attached hydrogens (tertiary/aromatic N) is 2. The second-order valence-electron chi connectivity index (χ2n) is 5.58. The zero-order valence-corrected chi connectivity index (χ0v) is 13.3. The molecule has 2 aromatic heterocycles. The average Bonchev–Trinajstić information content (AvgIpc) is 2.59. The average molecular weight is 312 g/mol. The van der Waals surface area contributed by atoms with Gasteiger partial charge in [-0.25, -0.2) is 0 Å². The van der Waals surface area contributed by atoms with Gasteiger partial charge in [0.1, 0.15) is 5.75 Å². The molecule has 1 aliphatic heterocycles. The number of carbonyl (C=O) groups excluding carboxylic acids is 1. The summed E-state index contributed by atoms with van der Waals surface area (Å²) in [7, 11) is 1.53. The van der Waals surface area contributed by atoms with E-state index in [1.165, 1.54) is 12.7 Å². The lowest BCUT2D eigenvalue weighted by molar-refractivity contribution is 0.0947. The molecule has 3 rings (SSSR count). The summed E-state index contributed by atoms with van der Waals surface area (Å²) in [6, 6.07) is 3.83. The van der Waals surface area contributed by atoms with E-state index in [2.05, 4.69) is 26.7 Å². The molecule has 0 unspecified atom stereocenters. The van der Waals surface area contributed by atoms with Crippen LogP contribution in [0, 0.1) is 6.92 Å². The number of hydrogen-bond donors (Lipinski definition) is 2. The predicted molar refractivity (Wildman–Crippen MR) is 86.3 cm³/mol. The first-order valence-corrected chi connectivity index (χ1v) is 7.63. The molecule has 0 fully saturated rings. The molecule has 120 valence electrons. The van der Waals surface area contributed by atoms with Crippen LogP contribution in [-0.2, 0) is 19.5 Å². The maximum Gasteiger partial charge on any atom is 0.255 e. The largest absolute Gasteiger partial charge is 0.494 e. The summed E-state index contributed by atoms with van der Waals surface area (Å²) in [5.74, 6) is 0.295. The van der Waals surface area contributed by atoms with Crippen LogP contribution in [0.1, 0.15) is 32.9 Å². The SMILES string of the molecule is COc1cnc(C)cc1C(=O)NCc1cnc2c(c1)CNCC2. The van der Waals surface area contributed by atoms with E-state index in [-0.39, 0.29) is 5.91 Å². The first-order valence-electron chi connectivity index (χ1n) is 7.63. The van der Waals surface area contributed by atoms with Gasteiger partial charge in [0.05, 0.1) is 18.9 Å². The van der Waals surface area contributed by atoms with E-state index in [0.717, 1.165) is 36.5 Å². The van der Waals surface area contributed by atoms with Crippen molar-refractivity contribution >= 4 is 5.91 Å². The molecule has 2 aromatic rings. The van der Waals surface area contributed by atoms with Crippen molar-refractivity contribution < 1.29 is 9.53 Å². The summed E-state index contributed by atoms with van der Waals surface area (Å²) < 4.78 is 5.20. The Bertz CT molecular complexity index is 731. The van der Waals surface area contributed by atoms with Crippen molar-refractivity contribution in [3.63, 3.8) is 0 Å². The lowest BCUT2D eigenvalue weighted by Gasteiger charge is -2.17. The predicted octanol–water partition coefficient (Wildman–Crippen LogP) is 1.37. The number of aryl methyl sites for hydroxylation is 1. The lowest BCUT2D eigenvalue weighted by atomic mass is 10.1. The molecule has 6 heteroatoms. The van der Waals surface area contributed by atoms with Gasteiger partial charge in [-0.2, -0.15) is 0 Å². The molecule has 2 N–H and O–H groups in total. The van der Waals surface area contributed by atoms with E-state index in [9.17, 15) is 4.79 Å². The van der Waals surface area contributed by atoms with E-state index in [0.29, 0.717) is 17.9 Å². The summed E-state index contributed by atoms with van der Waals surface area (Å²) >= 11 is 0. The molecule has 0 spiro atoms. The van der Waals surface area contributed by atoms with Crippen molar-refractivity contribution in [3.05, 3.63) is 52.6 Å². The molecular formula is C17H20N4O2. The van der Waals surface area contributed by atoms with Crippen LogP contribution in [0.2, 0.25) is 0 Å². The van der Waals surface area contributed by atoms with Crippen LogP contribution in [0.25, 0.3) is 0 Å². The minimum atomic E-state index is -0.178. The molecule has 1 aliphatic rings. The second-order valence-corrected chi connectivity index (χ2v) is 5.58. The summed E-state index contributed by atoms with van der Waals surface area (Å²) in [5.41, 5.74) is 4.61. The molecule has 0 atom stereocenters. The molecular weight excluding hydrogens is 292 g/mol. The van der Waals surface area contributed by atoms with Gasteiger partial charge in [0.25, 0.3) is 5.91 Å². The number of pyridine rings is 2. The van der Waals surface area contributed by atoms with Crippen LogP contribution >= 0.6 is 0 Å². The highest BCUT2D eigenvalue weighted by molar-refractivity contribution is 5.96. The van der Waals surface area contributed by atoms with E-state index >= 15 is 0 Å². The van der Waals surface area contributed by atoms with Crippen molar-refractivity contribution in [2.24, 2.45) is 0 Å². The van der Waals surface area contributed by atoms with E-state index < -0.39 is 0 Å². The highest BCUT2D eigenvalue weighted by Crippen LogP contribution is 2.18. The van der Waals surface area contributed by atoms with Crippen LogP contribution in [0.4, 0.5) is 0 Å². The number of aromatic nitrogens is 2. The van der Waals surface area contributed by atoms with Gasteiger partial charge in [0.15, 0.2) is 0 Å². The topological polar surface area (TPSA) is 76.1 Å². The molecule has 1 amide bonds. The number of rotatable bonds is 4. The number of carbonyl (C=O) groups is 1. The highest BCUT2D eigenvalue weighted by Gasteiger charge is 2.14. The Morgan fingerprint density at radius 1 is 1.35 bits per heavy atom. The summed E-state index contributed by atoms with van der Waals surface area (Å²) in [6.45, 7) is 4.08. The second kappa shape index (κ2) is 6.75. The maximum absolute atomic E-state index is 12.4. The van der Waals surface area contributed by atoms with E-state index in [1.807, 2.05) is 13.1 Å². The van der Waals surface area contributed by atoms with Gasteiger partial charge in [0, 0.05) is 43.6 Å². The van der Waals surface area contributed by atoms with Gasteiger partial charge >= 0.3 is 0 Å². The Balaban J connectivity index is 1.71. The van der Waals surface area contributed by atoms with Gasteiger partial charge in [-0.1, -0.05) is 0 Å². The number of ether oxygens (including phenoxy) is 1.